The fraction of sp³-hybridized carbons (Fsp3) is 0.0909. The molecule has 1 nitrogen and oxygen atoms in total. The SMILES string of the molecule is NC1=CC2C=CC=CC(=C2)C=C1. The second kappa shape index (κ2) is 2.86. The molecule has 0 saturated heterocycles. The smallest absolute Gasteiger partial charge is 0.0282 e. The highest BCUT2D eigenvalue weighted by Gasteiger charge is 2.03. The number of allylic oxidation sites excluding steroid dienone is 9. The fourth-order valence-corrected chi connectivity index (χ4v) is 1.38. The van der Waals surface area contributed by atoms with E-state index in [-0.39, 0.29) is 0 Å². The molecule has 2 aliphatic rings. The van der Waals surface area contributed by atoms with Gasteiger partial charge in [-0.1, -0.05) is 42.5 Å². The van der Waals surface area contributed by atoms with Gasteiger partial charge in [-0.25, -0.2) is 0 Å². The molecule has 0 aromatic carbocycles. The zero-order chi connectivity index (χ0) is 8.39. The molecule has 2 N–H and O–H groups in total. The summed E-state index contributed by atoms with van der Waals surface area (Å²) in [6, 6.07) is 0. The first kappa shape index (κ1) is 7.17. The lowest BCUT2D eigenvalue weighted by Crippen LogP contribution is -1.95. The molecule has 0 aromatic rings. The zero-order valence-electron chi connectivity index (χ0n) is 6.77. The van der Waals surface area contributed by atoms with E-state index in [1.165, 1.54) is 5.57 Å². The predicted octanol–water partition coefficient (Wildman–Crippen LogP) is 2.07. The lowest BCUT2D eigenvalue weighted by atomic mass is 10.1. The Morgan fingerprint density at radius 1 is 1.00 bits per heavy atom. The normalized spacial score (nSPS) is 25.8. The molecule has 0 amide bonds. The van der Waals surface area contributed by atoms with Gasteiger partial charge in [-0.05, 0) is 11.6 Å². The van der Waals surface area contributed by atoms with Gasteiger partial charge in [-0.3, -0.25) is 0 Å². The number of nitrogens with two attached hydrogens (primary N) is 1. The summed E-state index contributed by atoms with van der Waals surface area (Å²) in [6.07, 6.45) is 16.5. The highest BCUT2D eigenvalue weighted by molar-refractivity contribution is 5.42. The van der Waals surface area contributed by atoms with Gasteiger partial charge in [0.05, 0.1) is 0 Å². The van der Waals surface area contributed by atoms with Crippen molar-refractivity contribution in [2.45, 2.75) is 0 Å². The van der Waals surface area contributed by atoms with Gasteiger partial charge in [0.2, 0.25) is 0 Å². The molecule has 0 fully saturated rings. The third-order valence-electron chi connectivity index (χ3n) is 1.97. The van der Waals surface area contributed by atoms with Gasteiger partial charge in [-0.15, -0.1) is 0 Å². The summed E-state index contributed by atoms with van der Waals surface area (Å²) in [6.45, 7) is 0. The van der Waals surface area contributed by atoms with E-state index in [1.54, 1.807) is 0 Å². The first-order chi connectivity index (χ1) is 5.84. The summed E-state index contributed by atoms with van der Waals surface area (Å²) >= 11 is 0. The van der Waals surface area contributed by atoms with Crippen LogP contribution in [0.15, 0.2) is 59.9 Å². The molecule has 0 heterocycles. The summed E-state index contributed by atoms with van der Waals surface area (Å²) in [5.41, 5.74) is 7.79. The molecule has 2 rings (SSSR count). The van der Waals surface area contributed by atoms with Gasteiger partial charge in [0.1, 0.15) is 0 Å². The van der Waals surface area contributed by atoms with Crippen molar-refractivity contribution in [3.8, 4) is 0 Å². The van der Waals surface area contributed by atoms with Gasteiger partial charge < -0.3 is 5.73 Å². The maximum atomic E-state index is 5.72. The number of rotatable bonds is 0. The second-order valence-corrected chi connectivity index (χ2v) is 2.99. The van der Waals surface area contributed by atoms with E-state index in [1.807, 2.05) is 24.3 Å². The largest absolute Gasteiger partial charge is 0.399 e. The minimum absolute atomic E-state index is 0.352. The molecule has 1 heteroatoms. The predicted molar refractivity (Wildman–Crippen MR) is 51.3 cm³/mol. The molecule has 2 bridgehead atoms. The van der Waals surface area contributed by atoms with E-state index in [9.17, 15) is 0 Å². The first-order valence-corrected chi connectivity index (χ1v) is 4.07. The number of hydrogen-bond acceptors (Lipinski definition) is 1. The van der Waals surface area contributed by atoms with Crippen molar-refractivity contribution in [1.29, 1.82) is 0 Å². The molecule has 1 atom stereocenters. The van der Waals surface area contributed by atoms with Crippen molar-refractivity contribution in [2.24, 2.45) is 11.7 Å². The standard InChI is InChI=1S/C11H11N/c12-11-6-5-9-3-1-2-4-10(7-9)8-11/h1-8,10H,12H2. The fourth-order valence-electron chi connectivity index (χ4n) is 1.38. The molecule has 60 valence electrons. The Balaban J connectivity index is 2.42. The Kier molecular flexibility index (Phi) is 1.71. The highest BCUT2D eigenvalue weighted by Crippen LogP contribution is 2.17. The van der Waals surface area contributed by atoms with Crippen LogP contribution in [0.3, 0.4) is 0 Å². The van der Waals surface area contributed by atoms with Crippen LogP contribution in [0.1, 0.15) is 0 Å². The maximum Gasteiger partial charge on any atom is 0.0282 e. The Labute approximate surface area is 72.3 Å². The average Bonchev–Trinajstić information content (AvgIpc) is 2.35. The molecule has 1 unspecified atom stereocenters. The van der Waals surface area contributed by atoms with Crippen molar-refractivity contribution in [3.05, 3.63) is 59.9 Å². The van der Waals surface area contributed by atoms with E-state index in [2.05, 4.69) is 24.3 Å². The highest BCUT2D eigenvalue weighted by atomic mass is 14.6. The van der Waals surface area contributed by atoms with E-state index in [0.717, 1.165) is 5.70 Å². The monoisotopic (exact) mass is 157 g/mol. The molecule has 0 spiro atoms. The molecule has 12 heavy (non-hydrogen) atoms. The Morgan fingerprint density at radius 3 is 2.83 bits per heavy atom. The summed E-state index contributed by atoms with van der Waals surface area (Å²) in [4.78, 5) is 0. The quantitative estimate of drug-likeness (QED) is 0.572. The molecule has 0 radical (unpaired) electrons. The van der Waals surface area contributed by atoms with Crippen molar-refractivity contribution >= 4 is 0 Å². The molecule has 0 saturated carbocycles. The van der Waals surface area contributed by atoms with Crippen LogP contribution < -0.4 is 5.73 Å². The second-order valence-electron chi connectivity index (χ2n) is 2.99. The van der Waals surface area contributed by atoms with Gasteiger partial charge >= 0.3 is 0 Å². The maximum absolute atomic E-state index is 5.72. The average molecular weight is 157 g/mol. The van der Waals surface area contributed by atoms with Crippen LogP contribution in [0.2, 0.25) is 0 Å². The Hall–Kier alpha value is -1.50. The molecule has 0 aliphatic heterocycles. The lowest BCUT2D eigenvalue weighted by Gasteiger charge is -1.98. The lowest BCUT2D eigenvalue weighted by molar-refractivity contribution is 1.05. The van der Waals surface area contributed by atoms with Crippen molar-refractivity contribution in [1.82, 2.24) is 0 Å². The van der Waals surface area contributed by atoms with Crippen LogP contribution in [-0.2, 0) is 0 Å². The molecule has 0 aromatic heterocycles. The van der Waals surface area contributed by atoms with Crippen LogP contribution in [0.4, 0.5) is 0 Å². The van der Waals surface area contributed by atoms with Crippen LogP contribution in [0.25, 0.3) is 0 Å². The van der Waals surface area contributed by atoms with Crippen LogP contribution in [0, 0.1) is 5.92 Å². The summed E-state index contributed by atoms with van der Waals surface area (Å²) in [5.74, 6) is 0.352. The first-order valence-electron chi connectivity index (χ1n) is 4.07. The van der Waals surface area contributed by atoms with Crippen LogP contribution in [-0.4, -0.2) is 0 Å². The van der Waals surface area contributed by atoms with Gasteiger partial charge in [0, 0.05) is 11.6 Å². The summed E-state index contributed by atoms with van der Waals surface area (Å²) in [7, 11) is 0. The van der Waals surface area contributed by atoms with Crippen molar-refractivity contribution in [2.75, 3.05) is 0 Å². The van der Waals surface area contributed by atoms with E-state index in [0.29, 0.717) is 5.92 Å². The van der Waals surface area contributed by atoms with Crippen molar-refractivity contribution < 1.29 is 0 Å². The van der Waals surface area contributed by atoms with Gasteiger partial charge in [0.15, 0.2) is 0 Å². The van der Waals surface area contributed by atoms with E-state index >= 15 is 0 Å². The molecular weight excluding hydrogens is 146 g/mol. The topological polar surface area (TPSA) is 26.0 Å². The molecule has 2 aliphatic carbocycles. The van der Waals surface area contributed by atoms with Crippen LogP contribution >= 0.6 is 0 Å². The minimum Gasteiger partial charge on any atom is -0.399 e. The summed E-state index contributed by atoms with van der Waals surface area (Å²) in [5, 5.41) is 0. The third-order valence-corrected chi connectivity index (χ3v) is 1.97. The molecular formula is C11H11N. The number of fused-ring (bicyclic) bond motifs is 1. The van der Waals surface area contributed by atoms with Gasteiger partial charge in [-0.2, -0.15) is 0 Å². The van der Waals surface area contributed by atoms with Crippen molar-refractivity contribution in [3.63, 3.8) is 0 Å². The van der Waals surface area contributed by atoms with Gasteiger partial charge in [0.25, 0.3) is 0 Å². The van der Waals surface area contributed by atoms with Crippen LogP contribution in [0.5, 0.6) is 0 Å². The van der Waals surface area contributed by atoms with E-state index in [4.69, 9.17) is 5.73 Å². The van der Waals surface area contributed by atoms with E-state index < -0.39 is 0 Å². The number of hydrogen-bond donors (Lipinski definition) is 1. The zero-order valence-corrected chi connectivity index (χ0v) is 6.77. The Morgan fingerprint density at radius 2 is 1.92 bits per heavy atom. The third kappa shape index (κ3) is 1.40. The summed E-state index contributed by atoms with van der Waals surface area (Å²) < 4.78 is 0. The minimum atomic E-state index is 0.352. The Bertz CT molecular complexity index is 327.